The molecule has 1 aromatic rings. The van der Waals surface area contributed by atoms with E-state index in [1.54, 1.807) is 18.4 Å². The highest BCUT2D eigenvalue weighted by molar-refractivity contribution is 14.0. The first-order valence-electron chi connectivity index (χ1n) is 9.42. The van der Waals surface area contributed by atoms with E-state index in [9.17, 15) is 4.79 Å². The molecule has 1 atom stereocenters. The van der Waals surface area contributed by atoms with E-state index in [0.717, 1.165) is 12.5 Å². The van der Waals surface area contributed by atoms with E-state index in [2.05, 4.69) is 44.7 Å². The largest absolute Gasteiger partial charge is 0.356 e. The standard InChI is InChI=1S/C19H32N4OS.HI/c1-15(17-8-11-25-14-17)13-23-19(20-2)22-10-9-21-18(24)12-16-6-4-3-5-7-16;/h8,11,14-16H,3-7,9-10,12-13H2,1-2H3,(H,21,24)(H2,20,22,23);1H. The van der Waals surface area contributed by atoms with Gasteiger partial charge in [0.25, 0.3) is 0 Å². The normalized spacial score (nSPS) is 16.5. The predicted octanol–water partition coefficient (Wildman–Crippen LogP) is 3.72. The zero-order valence-corrected chi connectivity index (χ0v) is 19.1. The van der Waals surface area contributed by atoms with Crippen LogP contribution in [0.1, 0.15) is 56.9 Å². The maximum absolute atomic E-state index is 12.0. The van der Waals surface area contributed by atoms with Gasteiger partial charge in [-0.1, -0.05) is 26.2 Å². The van der Waals surface area contributed by atoms with Gasteiger partial charge in [-0.15, -0.1) is 24.0 Å². The molecule has 1 saturated carbocycles. The summed E-state index contributed by atoms with van der Waals surface area (Å²) in [4.78, 5) is 16.2. The Balaban J connectivity index is 0.00000338. The molecule has 1 heterocycles. The van der Waals surface area contributed by atoms with Crippen LogP contribution < -0.4 is 16.0 Å². The second-order valence-corrected chi connectivity index (χ2v) is 7.68. The lowest BCUT2D eigenvalue weighted by Crippen LogP contribution is -2.42. The summed E-state index contributed by atoms with van der Waals surface area (Å²) < 4.78 is 0. The zero-order chi connectivity index (χ0) is 17.9. The topological polar surface area (TPSA) is 65.5 Å². The molecule has 26 heavy (non-hydrogen) atoms. The van der Waals surface area contributed by atoms with Crippen LogP contribution in [0.5, 0.6) is 0 Å². The Morgan fingerprint density at radius 3 is 2.62 bits per heavy atom. The van der Waals surface area contributed by atoms with Gasteiger partial charge < -0.3 is 16.0 Å². The SMILES string of the molecule is CN=C(NCCNC(=O)CC1CCCCC1)NCC(C)c1ccsc1.I. The van der Waals surface area contributed by atoms with Crippen molar-refractivity contribution in [3.8, 4) is 0 Å². The molecule has 1 amide bonds. The van der Waals surface area contributed by atoms with Gasteiger partial charge in [-0.2, -0.15) is 11.3 Å². The Morgan fingerprint density at radius 2 is 1.96 bits per heavy atom. The Kier molecular flexibility index (Phi) is 11.9. The first kappa shape index (κ1) is 23.2. The van der Waals surface area contributed by atoms with Crippen LogP contribution in [0.3, 0.4) is 0 Å². The van der Waals surface area contributed by atoms with Gasteiger partial charge in [-0.25, -0.2) is 0 Å². The lowest BCUT2D eigenvalue weighted by atomic mass is 9.87. The molecule has 0 saturated heterocycles. The number of guanidine groups is 1. The van der Waals surface area contributed by atoms with E-state index in [-0.39, 0.29) is 29.9 Å². The van der Waals surface area contributed by atoms with Crippen molar-refractivity contribution in [2.75, 3.05) is 26.7 Å². The number of halogens is 1. The Hall–Kier alpha value is -0.830. The molecule has 2 rings (SSSR count). The number of carbonyl (C=O) groups is 1. The minimum atomic E-state index is 0. The zero-order valence-electron chi connectivity index (χ0n) is 15.9. The van der Waals surface area contributed by atoms with Crippen molar-refractivity contribution >= 4 is 47.2 Å². The van der Waals surface area contributed by atoms with E-state index in [1.807, 2.05) is 0 Å². The van der Waals surface area contributed by atoms with Crippen LogP contribution >= 0.6 is 35.3 Å². The fourth-order valence-electron chi connectivity index (χ4n) is 3.25. The van der Waals surface area contributed by atoms with Crippen LogP contribution in [0.25, 0.3) is 0 Å². The van der Waals surface area contributed by atoms with Gasteiger partial charge in [0, 0.05) is 33.1 Å². The third-order valence-electron chi connectivity index (χ3n) is 4.85. The first-order valence-corrected chi connectivity index (χ1v) is 10.4. The third-order valence-corrected chi connectivity index (χ3v) is 5.55. The molecule has 1 aromatic heterocycles. The van der Waals surface area contributed by atoms with Gasteiger partial charge in [0.15, 0.2) is 5.96 Å². The van der Waals surface area contributed by atoms with Crippen LogP contribution in [0.15, 0.2) is 21.8 Å². The summed E-state index contributed by atoms with van der Waals surface area (Å²) >= 11 is 1.73. The lowest BCUT2D eigenvalue weighted by Gasteiger charge is -2.21. The van der Waals surface area contributed by atoms with E-state index in [1.165, 1.54) is 37.7 Å². The second kappa shape index (κ2) is 13.4. The Morgan fingerprint density at radius 1 is 1.23 bits per heavy atom. The fraction of sp³-hybridized carbons (Fsp3) is 0.684. The average Bonchev–Trinajstić information content (AvgIpc) is 3.16. The molecule has 3 N–H and O–H groups in total. The molecule has 1 aliphatic rings. The van der Waals surface area contributed by atoms with Crippen LogP contribution in [0, 0.1) is 5.92 Å². The molecule has 148 valence electrons. The summed E-state index contributed by atoms with van der Waals surface area (Å²) in [5.41, 5.74) is 1.35. The summed E-state index contributed by atoms with van der Waals surface area (Å²) in [6.07, 6.45) is 7.01. The van der Waals surface area contributed by atoms with Crippen LogP contribution in [-0.4, -0.2) is 38.5 Å². The molecule has 0 aromatic carbocycles. The molecular formula is C19H33IN4OS. The highest BCUT2D eigenvalue weighted by atomic mass is 127. The number of amides is 1. The van der Waals surface area contributed by atoms with Gasteiger partial charge >= 0.3 is 0 Å². The van der Waals surface area contributed by atoms with E-state index >= 15 is 0 Å². The number of aliphatic imine (C=N–C) groups is 1. The van der Waals surface area contributed by atoms with E-state index in [0.29, 0.717) is 31.3 Å². The number of hydrogen-bond acceptors (Lipinski definition) is 3. The molecule has 7 heteroatoms. The Labute approximate surface area is 178 Å². The second-order valence-electron chi connectivity index (χ2n) is 6.90. The summed E-state index contributed by atoms with van der Waals surface area (Å²) in [5, 5.41) is 13.9. The summed E-state index contributed by atoms with van der Waals surface area (Å²) in [6.45, 7) is 4.35. The first-order chi connectivity index (χ1) is 12.2. The van der Waals surface area contributed by atoms with Crippen molar-refractivity contribution in [1.29, 1.82) is 0 Å². The lowest BCUT2D eigenvalue weighted by molar-refractivity contribution is -0.122. The van der Waals surface area contributed by atoms with E-state index < -0.39 is 0 Å². The number of carbonyl (C=O) groups excluding carboxylic acids is 1. The number of thiophene rings is 1. The molecule has 0 bridgehead atoms. The fourth-order valence-corrected chi connectivity index (χ4v) is 4.03. The smallest absolute Gasteiger partial charge is 0.220 e. The highest BCUT2D eigenvalue weighted by Gasteiger charge is 2.16. The van der Waals surface area contributed by atoms with Crippen LogP contribution in [0.2, 0.25) is 0 Å². The van der Waals surface area contributed by atoms with Crippen LogP contribution in [-0.2, 0) is 4.79 Å². The molecule has 0 radical (unpaired) electrons. The van der Waals surface area contributed by atoms with Gasteiger partial charge in [0.05, 0.1) is 0 Å². The number of rotatable bonds is 8. The van der Waals surface area contributed by atoms with Crippen molar-refractivity contribution in [1.82, 2.24) is 16.0 Å². The number of nitrogens with one attached hydrogen (secondary N) is 3. The molecule has 1 aliphatic carbocycles. The molecule has 0 spiro atoms. The van der Waals surface area contributed by atoms with E-state index in [4.69, 9.17) is 0 Å². The molecule has 1 unspecified atom stereocenters. The third kappa shape index (κ3) is 8.70. The summed E-state index contributed by atoms with van der Waals surface area (Å²) in [5.74, 6) is 2.00. The predicted molar refractivity (Wildman–Crippen MR) is 122 cm³/mol. The van der Waals surface area contributed by atoms with Crippen molar-refractivity contribution in [2.45, 2.75) is 51.4 Å². The molecule has 1 fully saturated rings. The quantitative estimate of drug-likeness (QED) is 0.224. The van der Waals surface area contributed by atoms with Crippen LogP contribution in [0.4, 0.5) is 0 Å². The summed E-state index contributed by atoms with van der Waals surface area (Å²) in [7, 11) is 1.77. The molecule has 0 aliphatic heterocycles. The van der Waals surface area contributed by atoms with Crippen molar-refractivity contribution in [2.24, 2.45) is 10.9 Å². The number of hydrogen-bond donors (Lipinski definition) is 3. The summed E-state index contributed by atoms with van der Waals surface area (Å²) in [6, 6.07) is 2.16. The van der Waals surface area contributed by atoms with Gasteiger partial charge in [0.2, 0.25) is 5.91 Å². The maximum atomic E-state index is 12.0. The highest BCUT2D eigenvalue weighted by Crippen LogP contribution is 2.25. The monoisotopic (exact) mass is 492 g/mol. The van der Waals surface area contributed by atoms with Gasteiger partial charge in [-0.3, -0.25) is 9.79 Å². The number of nitrogens with zero attached hydrogens (tertiary/aromatic N) is 1. The van der Waals surface area contributed by atoms with Crippen molar-refractivity contribution in [3.05, 3.63) is 22.4 Å². The van der Waals surface area contributed by atoms with Crippen molar-refractivity contribution in [3.63, 3.8) is 0 Å². The average molecular weight is 492 g/mol. The van der Waals surface area contributed by atoms with Crippen molar-refractivity contribution < 1.29 is 4.79 Å². The minimum absolute atomic E-state index is 0. The van der Waals surface area contributed by atoms with Gasteiger partial charge in [0.1, 0.15) is 0 Å². The Bertz CT molecular complexity index is 530. The molecular weight excluding hydrogens is 459 g/mol. The van der Waals surface area contributed by atoms with Gasteiger partial charge in [-0.05, 0) is 47.1 Å². The maximum Gasteiger partial charge on any atom is 0.220 e. The molecule has 5 nitrogen and oxygen atoms in total. The minimum Gasteiger partial charge on any atom is -0.356 e.